The van der Waals surface area contributed by atoms with Gasteiger partial charge < -0.3 is 5.48 Å². The van der Waals surface area contributed by atoms with Crippen LogP contribution in [-0.2, 0) is 0 Å². The molecule has 2 radical (unpaired) electrons. The topological polar surface area (TPSA) is 51.7 Å². The van der Waals surface area contributed by atoms with E-state index in [1.807, 2.05) is 0 Å². The van der Waals surface area contributed by atoms with Crippen LogP contribution in [0, 0.1) is 0 Å². The van der Waals surface area contributed by atoms with Gasteiger partial charge in [-0.05, 0) is 38.5 Å². The molecule has 0 bridgehead atoms. The van der Waals surface area contributed by atoms with Gasteiger partial charge in [0.2, 0.25) is 0 Å². The summed E-state index contributed by atoms with van der Waals surface area (Å²) < 4.78 is 0. The Hall–Kier alpha value is 1.15. The van der Waals surface area contributed by atoms with Crippen molar-refractivity contribution in [2.75, 3.05) is 18.5 Å². The summed E-state index contributed by atoms with van der Waals surface area (Å²) >= 11 is 0. The fourth-order valence-electron chi connectivity index (χ4n) is 3.89. The third-order valence-corrected chi connectivity index (χ3v) is 9.23. The van der Waals surface area contributed by atoms with Crippen LogP contribution in [0.25, 0.3) is 0 Å². The average Bonchev–Trinajstić information content (AvgIpc) is 2.64. The van der Waals surface area contributed by atoms with E-state index in [4.69, 9.17) is 0 Å². The zero-order chi connectivity index (χ0) is 19.3. The summed E-state index contributed by atoms with van der Waals surface area (Å²) in [5, 5.41) is 0. The van der Waals surface area contributed by atoms with E-state index in [1.165, 1.54) is 116 Å². The predicted octanol–water partition coefficient (Wildman–Crippen LogP) is 7.25. The van der Waals surface area contributed by atoms with Crippen LogP contribution in [0.1, 0.15) is 136 Å². The molecule has 0 saturated heterocycles. The molecule has 0 atom stereocenters. The first-order valence-corrected chi connectivity index (χ1v) is 14.6. The van der Waals surface area contributed by atoms with Gasteiger partial charge in [-0.2, -0.15) is 0 Å². The van der Waals surface area contributed by atoms with Gasteiger partial charge >= 0.3 is 23.9 Å². The van der Waals surface area contributed by atoms with Crippen molar-refractivity contribution in [2.24, 2.45) is 0 Å². The van der Waals surface area contributed by atoms with Crippen molar-refractivity contribution in [1.29, 1.82) is 0 Å². The van der Waals surface area contributed by atoms with E-state index in [0.717, 1.165) is 18.5 Å². The molecule has 0 rings (SSSR count). The predicted molar refractivity (Wildman–Crippen MR) is 136 cm³/mol. The molecule has 0 unspecified atom stereocenters. The number of rotatable bonds is 21. The van der Waals surface area contributed by atoms with Gasteiger partial charge in [-0.1, -0.05) is 97.8 Å². The van der Waals surface area contributed by atoms with Crippen LogP contribution < -0.4 is 0 Å². The molecule has 0 spiro atoms. The van der Waals surface area contributed by atoms with Gasteiger partial charge in [0, 0.05) is 0 Å². The Labute approximate surface area is 196 Å². The van der Waals surface area contributed by atoms with Crippen LogP contribution in [0.5, 0.6) is 0 Å². The number of unbranched alkanes of at least 4 members (excludes halogenated alkanes) is 15. The van der Waals surface area contributed by atoms with Gasteiger partial charge in [0.15, 0.2) is 0 Å². The van der Waals surface area contributed by atoms with E-state index in [-0.39, 0.29) is 29.4 Å². The molecule has 0 aromatic carbocycles. The summed E-state index contributed by atoms with van der Waals surface area (Å²) in [6, 6.07) is 0. The van der Waals surface area contributed by atoms with Crippen LogP contribution in [0.3, 0.4) is 0 Å². The summed E-state index contributed by atoms with van der Waals surface area (Å²) in [5.41, 5.74) is 0. The van der Waals surface area contributed by atoms with E-state index < -0.39 is 7.49 Å². The molecule has 0 aliphatic rings. The molecule has 0 aromatic heterocycles. The van der Waals surface area contributed by atoms with E-state index in [0.29, 0.717) is 0 Å². The molecule has 0 heterocycles. The minimum atomic E-state index is -1.64. The second-order valence-electron chi connectivity index (χ2n) is 8.57. The minimum absolute atomic E-state index is 0. The van der Waals surface area contributed by atoms with Crippen molar-refractivity contribution >= 4 is 31.4 Å². The van der Waals surface area contributed by atoms with Gasteiger partial charge in [0.1, 0.15) is 7.49 Å². The van der Waals surface area contributed by atoms with Gasteiger partial charge in [0.05, 0.1) is 18.5 Å². The van der Waals surface area contributed by atoms with Crippen molar-refractivity contribution in [3.05, 3.63) is 0 Å². The zero-order valence-electron chi connectivity index (χ0n) is 20.0. The SMILES string of the molecule is CCCCCCCC[P+](O)(CCCCCCCC)CCCCCCCC.O.[SnH2]. The van der Waals surface area contributed by atoms with Crippen LogP contribution >= 0.6 is 7.49 Å². The standard InChI is InChI=1S/C24H52OP.H2O.Sn.2H/c1-4-7-10-13-16-19-22-26(25,23-20-17-14-11-8-5-2)24-21-18-15-12-9-6-3;;;;/h25H,4-24H2,1-3H3;1H2;;;/q+1;;;;. The second kappa shape index (κ2) is 26.2. The summed E-state index contributed by atoms with van der Waals surface area (Å²) in [5.74, 6) is 0. The van der Waals surface area contributed by atoms with Crippen molar-refractivity contribution in [1.82, 2.24) is 0 Å². The summed E-state index contributed by atoms with van der Waals surface area (Å²) in [7, 11) is -1.64. The van der Waals surface area contributed by atoms with Crippen LogP contribution in [0.15, 0.2) is 0 Å². The first-order chi connectivity index (χ1) is 12.7. The van der Waals surface area contributed by atoms with E-state index >= 15 is 0 Å². The Morgan fingerprint density at radius 2 is 0.643 bits per heavy atom. The third-order valence-electron chi connectivity index (χ3n) is 5.78. The van der Waals surface area contributed by atoms with Crippen molar-refractivity contribution in [2.45, 2.75) is 136 Å². The van der Waals surface area contributed by atoms with Crippen molar-refractivity contribution < 1.29 is 10.4 Å². The molecule has 172 valence electrons. The fourth-order valence-corrected chi connectivity index (χ4v) is 7.00. The van der Waals surface area contributed by atoms with E-state index in [9.17, 15) is 4.89 Å². The molecular weight excluding hydrogens is 470 g/mol. The molecule has 0 amide bonds. The van der Waals surface area contributed by atoms with Gasteiger partial charge in [-0.3, -0.25) is 4.89 Å². The van der Waals surface area contributed by atoms with Crippen molar-refractivity contribution in [3.63, 3.8) is 0 Å². The normalized spacial score (nSPS) is 11.1. The van der Waals surface area contributed by atoms with E-state index in [1.54, 1.807) is 0 Å². The molecule has 0 aliphatic carbocycles. The quantitative estimate of drug-likeness (QED) is 0.0956. The summed E-state index contributed by atoms with van der Waals surface area (Å²) in [4.78, 5) is 11.3. The molecule has 0 aromatic rings. The summed E-state index contributed by atoms with van der Waals surface area (Å²) in [6.45, 7) is 6.85. The van der Waals surface area contributed by atoms with Gasteiger partial charge in [-0.15, -0.1) is 0 Å². The maximum absolute atomic E-state index is 11.3. The third kappa shape index (κ3) is 23.4. The van der Waals surface area contributed by atoms with Gasteiger partial charge in [0.25, 0.3) is 0 Å². The van der Waals surface area contributed by atoms with Crippen LogP contribution in [0.2, 0.25) is 0 Å². The average molecular weight is 526 g/mol. The number of hydrogen-bond acceptors (Lipinski definition) is 1. The Kier molecular flexibility index (Phi) is 31.6. The van der Waals surface area contributed by atoms with Crippen molar-refractivity contribution in [3.8, 4) is 0 Å². The molecule has 0 fully saturated rings. The molecule has 0 saturated carbocycles. The summed E-state index contributed by atoms with van der Waals surface area (Å²) in [6.07, 6.45) is 27.8. The second-order valence-corrected chi connectivity index (χ2v) is 12.1. The Morgan fingerprint density at radius 3 is 0.893 bits per heavy atom. The van der Waals surface area contributed by atoms with Gasteiger partial charge in [-0.25, -0.2) is 0 Å². The first-order valence-electron chi connectivity index (χ1n) is 12.3. The zero-order valence-corrected chi connectivity index (χ0v) is 24.9. The van der Waals surface area contributed by atoms with Crippen LogP contribution in [-0.4, -0.2) is 52.8 Å². The molecule has 2 nitrogen and oxygen atoms in total. The Bertz CT molecular complexity index is 237. The Balaban J connectivity index is -0.00000312. The molecule has 28 heavy (non-hydrogen) atoms. The Morgan fingerprint density at radius 1 is 0.429 bits per heavy atom. The molecule has 3 N–H and O–H groups in total. The molecule has 0 aliphatic heterocycles. The van der Waals surface area contributed by atoms with Crippen LogP contribution in [0.4, 0.5) is 0 Å². The molecular formula is C24H56O2PSn+. The number of hydrogen-bond donors (Lipinski definition) is 1. The first kappa shape index (κ1) is 33.8. The maximum atomic E-state index is 11.3. The monoisotopic (exact) mass is 527 g/mol. The van der Waals surface area contributed by atoms with E-state index in [2.05, 4.69) is 20.8 Å². The molecule has 4 heteroatoms. The fraction of sp³-hybridized carbons (Fsp3) is 1.00.